The maximum atomic E-state index is 8.63. The van der Waals surface area contributed by atoms with E-state index in [0.717, 1.165) is 6.42 Å². The first-order valence-electron chi connectivity index (χ1n) is 11.6. The zero-order valence-corrected chi connectivity index (χ0v) is 25.5. The zero-order valence-electron chi connectivity index (χ0n) is 20.9. The fourth-order valence-corrected chi connectivity index (χ4v) is 5.74. The molecule has 0 amide bonds. The molecule has 2 nitrogen and oxygen atoms in total. The summed E-state index contributed by atoms with van der Waals surface area (Å²) < 4.78 is 0. The van der Waals surface area contributed by atoms with E-state index in [9.17, 15) is 0 Å². The summed E-state index contributed by atoms with van der Waals surface area (Å²) in [6.07, 6.45) is 18.2. The number of aromatic hydroxyl groups is 2. The number of phenolic OH excluding ortho intramolecular Hbond substituents is 2. The summed E-state index contributed by atoms with van der Waals surface area (Å²) in [7, 11) is -0.418. The van der Waals surface area contributed by atoms with Crippen LogP contribution in [-0.2, 0) is 25.8 Å². The van der Waals surface area contributed by atoms with E-state index >= 15 is 0 Å². The minimum absolute atomic E-state index is 0. The van der Waals surface area contributed by atoms with E-state index in [2.05, 4.69) is 69.5 Å². The van der Waals surface area contributed by atoms with Crippen LogP contribution in [0.1, 0.15) is 20.3 Å². The van der Waals surface area contributed by atoms with Crippen LogP contribution in [0.2, 0.25) is 13.1 Å². The van der Waals surface area contributed by atoms with Crippen molar-refractivity contribution in [2.45, 2.75) is 33.4 Å². The number of allylic oxidation sites excluding steroid dienone is 12. The van der Waals surface area contributed by atoms with E-state index in [-0.39, 0.29) is 25.8 Å². The van der Waals surface area contributed by atoms with Crippen LogP contribution in [0, 0.1) is 12.0 Å². The molecule has 1 unspecified atom stereocenters. The van der Waals surface area contributed by atoms with Crippen molar-refractivity contribution >= 4 is 13.6 Å². The first-order valence-corrected chi connectivity index (χ1v) is 14.1. The topological polar surface area (TPSA) is 40.5 Å². The standard InChI is InChI=1S/C19H21Si.2C6H6O.Hf/c1-13-12-16-10-7-11-17(20(3)4)14(2)19(16)18(13)15-8-5-6-9-15;2*7-6-4-2-1-3-5-6;/h5-8,10-11,14H,9H2,1-4H3;2*1-5,7H;/q-1;;;. The number of hydrogen-bond donors (Lipinski definition) is 2. The normalized spacial score (nSPS) is 17.4. The van der Waals surface area contributed by atoms with Crippen LogP contribution in [0.15, 0.2) is 125 Å². The van der Waals surface area contributed by atoms with Crippen LogP contribution >= 0.6 is 0 Å². The molecule has 0 saturated heterocycles. The molecular formula is C31H33HfO2Si-. The number of fused-ring (bicyclic) bond motifs is 1. The molecule has 0 radical (unpaired) electrons. The fourth-order valence-electron chi connectivity index (χ4n) is 4.30. The number of hydrogen-bond acceptors (Lipinski definition) is 2. The van der Waals surface area contributed by atoms with Gasteiger partial charge in [-0.2, -0.15) is 5.57 Å². The summed E-state index contributed by atoms with van der Waals surface area (Å²) in [4.78, 5) is 0. The van der Waals surface area contributed by atoms with Crippen molar-refractivity contribution in [2.75, 3.05) is 0 Å². The number of para-hydroxylation sites is 2. The molecule has 2 N–H and O–H groups in total. The van der Waals surface area contributed by atoms with Crippen LogP contribution < -0.4 is 0 Å². The van der Waals surface area contributed by atoms with Crippen LogP contribution in [0.25, 0.3) is 0 Å². The Kier molecular flexibility index (Phi) is 11.6. The Bertz CT molecular complexity index is 1170. The Balaban J connectivity index is 0.000000236. The summed E-state index contributed by atoms with van der Waals surface area (Å²) in [5, 5.41) is 18.9. The van der Waals surface area contributed by atoms with Gasteiger partial charge in [0.15, 0.2) is 0 Å². The van der Waals surface area contributed by atoms with Gasteiger partial charge in [-0.05, 0) is 36.6 Å². The van der Waals surface area contributed by atoms with Gasteiger partial charge in [0.2, 0.25) is 0 Å². The summed E-state index contributed by atoms with van der Waals surface area (Å²) >= 11 is 0. The molecule has 35 heavy (non-hydrogen) atoms. The predicted octanol–water partition coefficient (Wildman–Crippen LogP) is 7.36. The maximum Gasteiger partial charge on any atom is 0.115 e. The average molecular weight is 644 g/mol. The summed E-state index contributed by atoms with van der Waals surface area (Å²) in [5.41, 5.74) is 7.03. The van der Waals surface area contributed by atoms with Crippen molar-refractivity contribution in [2.24, 2.45) is 5.92 Å². The van der Waals surface area contributed by atoms with Crippen LogP contribution in [0.3, 0.4) is 0 Å². The second-order valence-electron chi connectivity index (χ2n) is 8.65. The van der Waals surface area contributed by atoms with Crippen molar-refractivity contribution in [1.82, 2.24) is 0 Å². The minimum atomic E-state index is -0.418. The minimum Gasteiger partial charge on any atom is -0.508 e. The third-order valence-electron chi connectivity index (χ3n) is 5.88. The van der Waals surface area contributed by atoms with E-state index in [4.69, 9.17) is 10.2 Å². The Morgan fingerprint density at radius 2 is 1.43 bits per heavy atom. The Morgan fingerprint density at radius 1 is 0.857 bits per heavy atom. The molecule has 178 valence electrons. The first kappa shape index (κ1) is 28.7. The zero-order chi connectivity index (χ0) is 24.5. The molecule has 0 bridgehead atoms. The molecule has 0 fully saturated rings. The Labute approximate surface area is 230 Å². The second-order valence-corrected chi connectivity index (χ2v) is 11.2. The number of phenols is 2. The van der Waals surface area contributed by atoms with E-state index < -0.39 is 8.41 Å². The van der Waals surface area contributed by atoms with Crippen molar-refractivity contribution in [3.05, 3.63) is 131 Å². The molecule has 3 aliphatic rings. The first-order chi connectivity index (χ1) is 16.4. The predicted molar refractivity (Wildman–Crippen MR) is 146 cm³/mol. The molecule has 0 aliphatic heterocycles. The van der Waals surface area contributed by atoms with E-state index in [1.165, 1.54) is 27.9 Å². The largest absolute Gasteiger partial charge is 0.508 e. The smallest absolute Gasteiger partial charge is 0.115 e. The van der Waals surface area contributed by atoms with E-state index in [1.54, 1.807) is 53.7 Å². The van der Waals surface area contributed by atoms with Gasteiger partial charge in [-0.3, -0.25) is 0 Å². The monoisotopic (exact) mass is 645 g/mol. The van der Waals surface area contributed by atoms with E-state index in [1.807, 2.05) is 12.1 Å². The van der Waals surface area contributed by atoms with Crippen LogP contribution in [0.5, 0.6) is 11.5 Å². The molecule has 2 aromatic rings. The van der Waals surface area contributed by atoms with Gasteiger partial charge < -0.3 is 10.2 Å². The molecule has 0 aromatic heterocycles. The molecule has 0 saturated carbocycles. The van der Waals surface area contributed by atoms with Gasteiger partial charge in [-0.1, -0.05) is 98.4 Å². The third-order valence-corrected chi connectivity index (χ3v) is 7.63. The van der Waals surface area contributed by atoms with Gasteiger partial charge in [0.05, 0.1) is 0 Å². The molecular weight excluding hydrogens is 611 g/mol. The SMILES string of the molecule is CC1=[C-]C2=CC=CC(=[Si](C)C)C(C)C2=C1C1=CC=CC1.Oc1ccccc1.Oc1ccccc1.[Hf]. The molecule has 0 heterocycles. The summed E-state index contributed by atoms with van der Waals surface area (Å²) in [5.74, 6) is 1.16. The van der Waals surface area contributed by atoms with Crippen molar-refractivity contribution < 1.29 is 36.1 Å². The quantitative estimate of drug-likeness (QED) is 0.252. The number of benzene rings is 2. The Morgan fingerprint density at radius 3 is 1.86 bits per heavy atom. The Hall–Kier alpha value is -2.56. The molecule has 5 rings (SSSR count). The van der Waals surface area contributed by atoms with Crippen molar-refractivity contribution in [1.29, 1.82) is 0 Å². The van der Waals surface area contributed by atoms with Gasteiger partial charge in [0, 0.05) is 34.3 Å². The second kappa shape index (κ2) is 14.1. The summed E-state index contributed by atoms with van der Waals surface area (Å²) in [6.45, 7) is 9.36. The van der Waals surface area contributed by atoms with Crippen LogP contribution in [-0.4, -0.2) is 23.8 Å². The van der Waals surface area contributed by atoms with Gasteiger partial charge in [0.25, 0.3) is 0 Å². The molecule has 2 aromatic carbocycles. The van der Waals surface area contributed by atoms with Gasteiger partial charge in [0.1, 0.15) is 11.5 Å². The molecule has 1 atom stereocenters. The fraction of sp³-hybridized carbons (Fsp3) is 0.194. The van der Waals surface area contributed by atoms with Gasteiger partial charge in [-0.15, -0.1) is 34.9 Å². The van der Waals surface area contributed by atoms with Gasteiger partial charge >= 0.3 is 0 Å². The van der Waals surface area contributed by atoms with Crippen molar-refractivity contribution in [3.8, 4) is 11.5 Å². The average Bonchev–Trinajstić information content (AvgIpc) is 3.42. The van der Waals surface area contributed by atoms with Gasteiger partial charge in [-0.25, -0.2) is 0 Å². The third kappa shape index (κ3) is 7.98. The molecule has 3 aliphatic carbocycles. The molecule has 4 heteroatoms. The van der Waals surface area contributed by atoms with Crippen LogP contribution in [0.4, 0.5) is 0 Å². The molecule has 0 spiro atoms. The summed E-state index contributed by atoms with van der Waals surface area (Å²) in [6, 6.07) is 17.4. The number of rotatable bonds is 1. The van der Waals surface area contributed by atoms with Crippen molar-refractivity contribution in [3.63, 3.8) is 0 Å². The maximum absolute atomic E-state index is 8.63. The van der Waals surface area contributed by atoms with E-state index in [0.29, 0.717) is 17.4 Å².